The number of benzene rings is 1. The van der Waals surface area contributed by atoms with E-state index in [1.54, 1.807) is 0 Å². The Kier molecular flexibility index (Phi) is 6.54. The van der Waals surface area contributed by atoms with Gasteiger partial charge >= 0.3 is 0 Å². The van der Waals surface area contributed by atoms with Gasteiger partial charge in [0.25, 0.3) is 0 Å². The number of guanidine groups is 1. The van der Waals surface area contributed by atoms with Crippen molar-refractivity contribution >= 4 is 5.96 Å². The van der Waals surface area contributed by atoms with E-state index in [0.717, 1.165) is 31.5 Å². The first-order chi connectivity index (χ1) is 13.1. The van der Waals surface area contributed by atoms with Crippen LogP contribution in [0.2, 0.25) is 0 Å². The van der Waals surface area contributed by atoms with Crippen molar-refractivity contribution in [1.29, 1.82) is 0 Å². The SMILES string of the molecule is CN=C(NCc1cccc(Cn2ccnc2)c1)NCC1(CC(C)C)CCC1. The van der Waals surface area contributed by atoms with E-state index in [2.05, 4.69) is 63.3 Å². The van der Waals surface area contributed by atoms with Crippen LogP contribution in [0.5, 0.6) is 0 Å². The van der Waals surface area contributed by atoms with E-state index in [0.29, 0.717) is 5.41 Å². The monoisotopic (exact) mass is 367 g/mol. The molecule has 1 saturated carbocycles. The average Bonchev–Trinajstić information content (AvgIpc) is 3.12. The second kappa shape index (κ2) is 9.07. The first kappa shape index (κ1) is 19.5. The lowest BCUT2D eigenvalue weighted by molar-refractivity contribution is 0.104. The molecule has 27 heavy (non-hydrogen) atoms. The maximum Gasteiger partial charge on any atom is 0.191 e. The number of aromatic nitrogens is 2. The standard InChI is InChI=1S/C22H33N5/c1-18(2)13-22(8-5-9-22)16-26-21(23-3)25-14-19-6-4-7-20(12-19)15-27-11-10-24-17-27/h4,6-7,10-12,17-18H,5,8-9,13-16H2,1-3H3,(H2,23,25,26). The average molecular weight is 368 g/mol. The van der Waals surface area contributed by atoms with E-state index >= 15 is 0 Å². The summed E-state index contributed by atoms with van der Waals surface area (Å²) in [5.74, 6) is 1.64. The molecule has 0 aliphatic heterocycles. The molecule has 0 radical (unpaired) electrons. The second-order valence-electron chi connectivity index (χ2n) is 8.29. The van der Waals surface area contributed by atoms with Crippen LogP contribution in [0, 0.1) is 11.3 Å². The summed E-state index contributed by atoms with van der Waals surface area (Å²) >= 11 is 0. The van der Waals surface area contributed by atoms with Crippen molar-refractivity contribution in [3.63, 3.8) is 0 Å². The lowest BCUT2D eigenvalue weighted by Crippen LogP contribution is -2.46. The predicted octanol–water partition coefficient (Wildman–Crippen LogP) is 3.81. The summed E-state index contributed by atoms with van der Waals surface area (Å²) < 4.78 is 2.08. The molecule has 0 bridgehead atoms. The van der Waals surface area contributed by atoms with Crippen molar-refractivity contribution in [2.45, 2.75) is 52.6 Å². The van der Waals surface area contributed by atoms with Crippen LogP contribution in [0.3, 0.4) is 0 Å². The lowest BCUT2D eigenvalue weighted by atomic mass is 9.64. The van der Waals surface area contributed by atoms with Crippen molar-refractivity contribution in [3.05, 3.63) is 54.1 Å². The Labute approximate surface area is 163 Å². The fourth-order valence-electron chi connectivity index (χ4n) is 4.10. The van der Waals surface area contributed by atoms with Crippen molar-refractivity contribution < 1.29 is 0 Å². The zero-order valence-electron chi connectivity index (χ0n) is 16.9. The van der Waals surface area contributed by atoms with Gasteiger partial charge in [0.1, 0.15) is 0 Å². The van der Waals surface area contributed by atoms with Gasteiger partial charge in [0, 0.05) is 39.1 Å². The Morgan fingerprint density at radius 2 is 2.07 bits per heavy atom. The molecule has 1 aromatic heterocycles. The molecule has 1 heterocycles. The van der Waals surface area contributed by atoms with Crippen LogP contribution in [-0.2, 0) is 13.1 Å². The molecule has 1 aliphatic carbocycles. The van der Waals surface area contributed by atoms with E-state index in [9.17, 15) is 0 Å². The smallest absolute Gasteiger partial charge is 0.191 e. The van der Waals surface area contributed by atoms with Gasteiger partial charge in [0.15, 0.2) is 5.96 Å². The minimum absolute atomic E-state index is 0.469. The highest BCUT2D eigenvalue weighted by atomic mass is 15.2. The largest absolute Gasteiger partial charge is 0.356 e. The van der Waals surface area contributed by atoms with E-state index in [1.807, 2.05) is 25.8 Å². The minimum atomic E-state index is 0.469. The maximum atomic E-state index is 4.41. The summed E-state index contributed by atoms with van der Waals surface area (Å²) in [6, 6.07) is 8.67. The Morgan fingerprint density at radius 1 is 1.26 bits per heavy atom. The van der Waals surface area contributed by atoms with Crippen molar-refractivity contribution in [1.82, 2.24) is 20.2 Å². The molecule has 3 rings (SSSR count). The number of nitrogens with zero attached hydrogens (tertiary/aromatic N) is 3. The maximum absolute atomic E-state index is 4.41. The Bertz CT molecular complexity index is 729. The number of imidazole rings is 1. The van der Waals surface area contributed by atoms with Crippen LogP contribution >= 0.6 is 0 Å². The highest BCUT2D eigenvalue weighted by molar-refractivity contribution is 5.79. The molecule has 1 aliphatic rings. The fraction of sp³-hybridized carbons (Fsp3) is 0.545. The zero-order chi connectivity index (χ0) is 19.1. The van der Waals surface area contributed by atoms with E-state index < -0.39 is 0 Å². The molecule has 0 saturated heterocycles. The third-order valence-corrected chi connectivity index (χ3v) is 5.49. The molecule has 0 atom stereocenters. The predicted molar refractivity (Wildman–Crippen MR) is 112 cm³/mol. The number of rotatable bonds is 8. The van der Waals surface area contributed by atoms with Gasteiger partial charge in [-0.2, -0.15) is 0 Å². The van der Waals surface area contributed by atoms with E-state index in [1.165, 1.54) is 36.8 Å². The minimum Gasteiger partial charge on any atom is -0.356 e. The topological polar surface area (TPSA) is 54.2 Å². The van der Waals surface area contributed by atoms with Crippen LogP contribution < -0.4 is 10.6 Å². The number of hydrogen-bond donors (Lipinski definition) is 2. The molecule has 2 aromatic rings. The molecular weight excluding hydrogens is 334 g/mol. The van der Waals surface area contributed by atoms with E-state index in [4.69, 9.17) is 0 Å². The van der Waals surface area contributed by atoms with Gasteiger partial charge in [0.2, 0.25) is 0 Å². The van der Waals surface area contributed by atoms with Gasteiger partial charge in [-0.1, -0.05) is 44.5 Å². The number of hydrogen-bond acceptors (Lipinski definition) is 2. The summed E-state index contributed by atoms with van der Waals surface area (Å²) in [5.41, 5.74) is 3.01. The van der Waals surface area contributed by atoms with Crippen molar-refractivity contribution in [2.75, 3.05) is 13.6 Å². The van der Waals surface area contributed by atoms with Gasteiger partial charge in [0.05, 0.1) is 6.33 Å². The van der Waals surface area contributed by atoms with Gasteiger partial charge in [-0.25, -0.2) is 4.98 Å². The highest BCUT2D eigenvalue weighted by Gasteiger charge is 2.37. The summed E-state index contributed by atoms with van der Waals surface area (Å²) in [4.78, 5) is 8.52. The molecule has 2 N–H and O–H groups in total. The van der Waals surface area contributed by atoms with Gasteiger partial charge in [-0.3, -0.25) is 4.99 Å². The summed E-state index contributed by atoms with van der Waals surface area (Å²) in [6.45, 7) is 7.28. The molecule has 0 spiro atoms. The molecule has 146 valence electrons. The molecule has 0 unspecified atom stereocenters. The first-order valence-electron chi connectivity index (χ1n) is 10.1. The van der Waals surface area contributed by atoms with Crippen molar-refractivity contribution in [2.24, 2.45) is 16.3 Å². The van der Waals surface area contributed by atoms with E-state index in [-0.39, 0.29) is 0 Å². The van der Waals surface area contributed by atoms with Crippen LogP contribution in [0.1, 0.15) is 50.7 Å². The Morgan fingerprint density at radius 3 is 2.70 bits per heavy atom. The van der Waals surface area contributed by atoms with Crippen LogP contribution in [0.15, 0.2) is 48.0 Å². The molecule has 1 aromatic carbocycles. The normalized spacial score (nSPS) is 16.2. The van der Waals surface area contributed by atoms with Crippen LogP contribution in [0.25, 0.3) is 0 Å². The Hall–Kier alpha value is -2.30. The third kappa shape index (κ3) is 5.59. The molecular formula is C22H33N5. The Balaban J connectivity index is 1.50. The lowest BCUT2D eigenvalue weighted by Gasteiger charge is -2.43. The summed E-state index contributed by atoms with van der Waals surface area (Å²) in [7, 11) is 1.85. The number of aliphatic imine (C=N–C) groups is 1. The summed E-state index contributed by atoms with van der Waals surface area (Å²) in [6.07, 6.45) is 11.0. The second-order valence-corrected chi connectivity index (χ2v) is 8.29. The van der Waals surface area contributed by atoms with Gasteiger partial charge in [-0.05, 0) is 41.7 Å². The fourth-order valence-corrected chi connectivity index (χ4v) is 4.10. The molecule has 0 amide bonds. The molecule has 5 heteroatoms. The van der Waals surface area contributed by atoms with Crippen LogP contribution in [-0.4, -0.2) is 29.1 Å². The molecule has 1 fully saturated rings. The number of nitrogens with one attached hydrogen (secondary N) is 2. The first-order valence-corrected chi connectivity index (χ1v) is 10.1. The summed E-state index contributed by atoms with van der Waals surface area (Å²) in [5, 5.41) is 7.03. The van der Waals surface area contributed by atoms with Gasteiger partial charge < -0.3 is 15.2 Å². The zero-order valence-corrected chi connectivity index (χ0v) is 16.9. The quantitative estimate of drug-likeness (QED) is 0.551. The third-order valence-electron chi connectivity index (χ3n) is 5.49. The molecule has 5 nitrogen and oxygen atoms in total. The highest BCUT2D eigenvalue weighted by Crippen LogP contribution is 2.45. The van der Waals surface area contributed by atoms with Crippen LogP contribution in [0.4, 0.5) is 0 Å². The van der Waals surface area contributed by atoms with Gasteiger partial charge in [-0.15, -0.1) is 0 Å². The van der Waals surface area contributed by atoms with Crippen molar-refractivity contribution in [3.8, 4) is 0 Å².